The van der Waals surface area contributed by atoms with Gasteiger partial charge in [-0.15, -0.1) is 0 Å². The molecule has 72 valence electrons. The molecule has 0 aliphatic heterocycles. The molecular formula is C7H11N3O2S. The standard InChI is InChI=1S/C7H11N3O2S/c1-12-6(11)2-3-9-7-10-4-5(8)13-7/h4H,2-3,8H2,1H3,(H,9,10). The first-order valence-corrected chi connectivity index (χ1v) is 4.56. The Morgan fingerprint density at radius 3 is 3.15 bits per heavy atom. The number of methoxy groups -OCH3 is 1. The quantitative estimate of drug-likeness (QED) is 0.701. The Morgan fingerprint density at radius 2 is 2.62 bits per heavy atom. The molecule has 6 heteroatoms. The summed E-state index contributed by atoms with van der Waals surface area (Å²) in [6.07, 6.45) is 1.90. The van der Waals surface area contributed by atoms with E-state index in [2.05, 4.69) is 15.0 Å². The van der Waals surface area contributed by atoms with E-state index in [9.17, 15) is 4.79 Å². The van der Waals surface area contributed by atoms with Crippen molar-refractivity contribution in [3.05, 3.63) is 6.20 Å². The summed E-state index contributed by atoms with van der Waals surface area (Å²) in [5.41, 5.74) is 5.46. The third-order valence-electron chi connectivity index (χ3n) is 1.36. The molecule has 0 spiro atoms. The third kappa shape index (κ3) is 3.29. The van der Waals surface area contributed by atoms with Gasteiger partial charge in [0.1, 0.15) is 5.00 Å². The maximum Gasteiger partial charge on any atom is 0.307 e. The molecule has 1 heterocycles. The molecule has 0 saturated carbocycles. The molecule has 1 aromatic heterocycles. The Bertz CT molecular complexity index is 287. The minimum atomic E-state index is -0.239. The van der Waals surface area contributed by atoms with Crippen LogP contribution in [0.5, 0.6) is 0 Å². The van der Waals surface area contributed by atoms with Crippen molar-refractivity contribution in [1.82, 2.24) is 4.98 Å². The zero-order valence-corrected chi connectivity index (χ0v) is 8.06. The van der Waals surface area contributed by atoms with E-state index >= 15 is 0 Å². The predicted octanol–water partition coefficient (Wildman–Crippen LogP) is 0.700. The van der Waals surface area contributed by atoms with Gasteiger partial charge in [-0.25, -0.2) is 4.98 Å². The molecule has 0 aliphatic carbocycles. The number of carbonyl (C=O) groups excluding carboxylic acids is 1. The first-order valence-electron chi connectivity index (χ1n) is 3.74. The zero-order valence-electron chi connectivity index (χ0n) is 7.24. The van der Waals surface area contributed by atoms with Crippen molar-refractivity contribution in [2.75, 3.05) is 24.7 Å². The van der Waals surface area contributed by atoms with Crippen LogP contribution in [0.2, 0.25) is 0 Å². The highest BCUT2D eigenvalue weighted by Gasteiger charge is 2.01. The fourth-order valence-electron chi connectivity index (χ4n) is 0.742. The van der Waals surface area contributed by atoms with E-state index in [1.54, 1.807) is 6.20 Å². The monoisotopic (exact) mass is 201 g/mol. The highest BCUT2D eigenvalue weighted by atomic mass is 32.1. The van der Waals surface area contributed by atoms with Gasteiger partial charge in [0.05, 0.1) is 19.7 Å². The van der Waals surface area contributed by atoms with Crippen molar-refractivity contribution >= 4 is 27.4 Å². The molecule has 5 nitrogen and oxygen atoms in total. The predicted molar refractivity (Wildman–Crippen MR) is 51.6 cm³/mol. The number of nitrogens with zero attached hydrogens (tertiary/aromatic N) is 1. The van der Waals surface area contributed by atoms with Crippen molar-refractivity contribution in [1.29, 1.82) is 0 Å². The van der Waals surface area contributed by atoms with Gasteiger partial charge in [-0.05, 0) is 0 Å². The smallest absolute Gasteiger partial charge is 0.307 e. The first-order chi connectivity index (χ1) is 6.22. The van der Waals surface area contributed by atoms with Crippen LogP contribution < -0.4 is 11.1 Å². The van der Waals surface area contributed by atoms with Crippen molar-refractivity contribution in [2.24, 2.45) is 0 Å². The molecule has 0 fully saturated rings. The molecule has 0 amide bonds. The number of nitrogens with two attached hydrogens (primary N) is 1. The summed E-state index contributed by atoms with van der Waals surface area (Å²) >= 11 is 1.35. The molecule has 0 aliphatic rings. The first kappa shape index (κ1) is 9.79. The summed E-state index contributed by atoms with van der Waals surface area (Å²) < 4.78 is 4.47. The summed E-state index contributed by atoms with van der Waals surface area (Å²) in [5.74, 6) is -0.239. The third-order valence-corrected chi connectivity index (χ3v) is 2.14. The maximum absolute atomic E-state index is 10.7. The number of rotatable bonds is 4. The van der Waals surface area contributed by atoms with Gasteiger partial charge in [-0.3, -0.25) is 4.79 Å². The minimum Gasteiger partial charge on any atom is -0.469 e. The lowest BCUT2D eigenvalue weighted by Crippen LogP contribution is -2.09. The van der Waals surface area contributed by atoms with Crippen LogP contribution in [0.15, 0.2) is 6.20 Å². The van der Waals surface area contributed by atoms with E-state index in [4.69, 9.17) is 5.73 Å². The Morgan fingerprint density at radius 1 is 1.85 bits per heavy atom. The van der Waals surface area contributed by atoms with Gasteiger partial charge in [-0.1, -0.05) is 11.3 Å². The summed E-state index contributed by atoms with van der Waals surface area (Å²) in [4.78, 5) is 14.7. The SMILES string of the molecule is COC(=O)CCNc1ncc(N)s1. The van der Waals surface area contributed by atoms with E-state index in [1.807, 2.05) is 0 Å². The number of aromatic nitrogens is 1. The van der Waals surface area contributed by atoms with E-state index < -0.39 is 0 Å². The average molecular weight is 201 g/mol. The van der Waals surface area contributed by atoms with Gasteiger partial charge < -0.3 is 15.8 Å². The summed E-state index contributed by atoms with van der Waals surface area (Å²) in [6, 6.07) is 0. The maximum atomic E-state index is 10.7. The minimum absolute atomic E-state index is 0.239. The number of nitrogens with one attached hydrogen (secondary N) is 1. The molecule has 0 atom stereocenters. The van der Waals surface area contributed by atoms with Crippen LogP contribution in [0.4, 0.5) is 10.1 Å². The summed E-state index contributed by atoms with van der Waals surface area (Å²) in [5, 5.41) is 4.33. The lowest BCUT2D eigenvalue weighted by atomic mass is 10.4. The van der Waals surface area contributed by atoms with Gasteiger partial charge in [0, 0.05) is 6.54 Å². The van der Waals surface area contributed by atoms with E-state index in [0.717, 1.165) is 5.13 Å². The van der Waals surface area contributed by atoms with Gasteiger partial charge in [-0.2, -0.15) is 0 Å². The lowest BCUT2D eigenvalue weighted by Gasteiger charge is -2.00. The van der Waals surface area contributed by atoms with Crippen molar-refractivity contribution < 1.29 is 9.53 Å². The zero-order chi connectivity index (χ0) is 9.68. The fourth-order valence-corrected chi connectivity index (χ4v) is 1.35. The lowest BCUT2D eigenvalue weighted by molar-refractivity contribution is -0.140. The highest BCUT2D eigenvalue weighted by molar-refractivity contribution is 7.19. The molecule has 0 unspecified atom stereocenters. The number of thiazole rings is 1. The molecular weight excluding hydrogens is 190 g/mol. The largest absolute Gasteiger partial charge is 0.469 e. The number of hydrogen-bond donors (Lipinski definition) is 2. The second kappa shape index (κ2) is 4.66. The topological polar surface area (TPSA) is 77.2 Å². The summed E-state index contributed by atoms with van der Waals surface area (Å²) in [7, 11) is 1.36. The van der Waals surface area contributed by atoms with Gasteiger partial charge >= 0.3 is 5.97 Å². The van der Waals surface area contributed by atoms with Crippen LogP contribution >= 0.6 is 11.3 Å². The number of nitrogen functional groups attached to an aromatic ring is 1. The average Bonchev–Trinajstić information content (AvgIpc) is 2.51. The van der Waals surface area contributed by atoms with Gasteiger partial charge in [0.25, 0.3) is 0 Å². The summed E-state index contributed by atoms with van der Waals surface area (Å²) in [6.45, 7) is 0.514. The second-order valence-corrected chi connectivity index (χ2v) is 3.38. The fraction of sp³-hybridized carbons (Fsp3) is 0.429. The molecule has 1 aromatic rings. The Labute approximate surface area is 79.9 Å². The molecule has 0 saturated heterocycles. The van der Waals surface area contributed by atoms with Gasteiger partial charge in [0.15, 0.2) is 5.13 Å². The van der Waals surface area contributed by atoms with Crippen LogP contribution in [0, 0.1) is 0 Å². The highest BCUT2D eigenvalue weighted by Crippen LogP contribution is 2.18. The normalized spacial score (nSPS) is 9.62. The number of hydrogen-bond acceptors (Lipinski definition) is 6. The Kier molecular flexibility index (Phi) is 3.51. The molecule has 0 bridgehead atoms. The van der Waals surface area contributed by atoms with Crippen LogP contribution in [0.1, 0.15) is 6.42 Å². The molecule has 0 aromatic carbocycles. The number of carbonyl (C=O) groups is 1. The van der Waals surface area contributed by atoms with Crippen LogP contribution in [0.25, 0.3) is 0 Å². The van der Waals surface area contributed by atoms with Crippen LogP contribution in [0.3, 0.4) is 0 Å². The van der Waals surface area contributed by atoms with E-state index in [-0.39, 0.29) is 5.97 Å². The van der Waals surface area contributed by atoms with Crippen molar-refractivity contribution in [3.63, 3.8) is 0 Å². The molecule has 0 radical (unpaired) electrons. The van der Waals surface area contributed by atoms with Crippen molar-refractivity contribution in [3.8, 4) is 0 Å². The van der Waals surface area contributed by atoms with E-state index in [0.29, 0.717) is 18.0 Å². The van der Waals surface area contributed by atoms with Gasteiger partial charge in [0.2, 0.25) is 0 Å². The number of esters is 1. The molecule has 3 N–H and O–H groups in total. The number of ether oxygens (including phenoxy) is 1. The van der Waals surface area contributed by atoms with Crippen LogP contribution in [-0.2, 0) is 9.53 Å². The Balaban J connectivity index is 2.24. The number of anilines is 2. The second-order valence-electron chi connectivity index (χ2n) is 2.32. The Hall–Kier alpha value is -1.30. The molecule has 13 heavy (non-hydrogen) atoms. The van der Waals surface area contributed by atoms with Crippen LogP contribution in [-0.4, -0.2) is 24.6 Å². The van der Waals surface area contributed by atoms with E-state index in [1.165, 1.54) is 18.4 Å². The molecule has 1 rings (SSSR count). The van der Waals surface area contributed by atoms with Crippen molar-refractivity contribution in [2.45, 2.75) is 6.42 Å².